The molecule has 3 heterocycles. The van der Waals surface area contributed by atoms with Gasteiger partial charge in [0, 0.05) is 25.4 Å². The molecule has 2 aliphatic rings. The molecule has 0 bridgehead atoms. The van der Waals surface area contributed by atoms with Crippen LogP contribution in [0.4, 0.5) is 0 Å². The summed E-state index contributed by atoms with van der Waals surface area (Å²) in [5.74, 6) is 3.01. The van der Waals surface area contributed by atoms with Gasteiger partial charge in [0.1, 0.15) is 5.82 Å². The van der Waals surface area contributed by atoms with Crippen LogP contribution in [0.1, 0.15) is 44.3 Å². The van der Waals surface area contributed by atoms with Crippen LogP contribution < -0.4 is 5.32 Å². The molecular formula is C13H22N4. The van der Waals surface area contributed by atoms with E-state index in [4.69, 9.17) is 4.98 Å². The van der Waals surface area contributed by atoms with Crippen molar-refractivity contribution in [1.29, 1.82) is 0 Å². The minimum Gasteiger partial charge on any atom is -0.314 e. The van der Waals surface area contributed by atoms with Crippen LogP contribution in [-0.4, -0.2) is 27.4 Å². The molecule has 2 aliphatic heterocycles. The summed E-state index contributed by atoms with van der Waals surface area (Å²) in [4.78, 5) is 4.69. The van der Waals surface area contributed by atoms with Gasteiger partial charge in [0.15, 0.2) is 5.82 Å². The van der Waals surface area contributed by atoms with Crippen molar-refractivity contribution in [3.05, 3.63) is 11.6 Å². The van der Waals surface area contributed by atoms with E-state index in [0.29, 0.717) is 6.04 Å². The molecule has 94 valence electrons. The van der Waals surface area contributed by atoms with E-state index in [1.54, 1.807) is 0 Å². The molecule has 0 aliphatic carbocycles. The normalized spacial score (nSPS) is 29.0. The van der Waals surface area contributed by atoms with E-state index >= 15 is 0 Å². The molecule has 0 radical (unpaired) electrons. The maximum atomic E-state index is 4.69. The van der Waals surface area contributed by atoms with Gasteiger partial charge in [0.25, 0.3) is 0 Å². The highest BCUT2D eigenvalue weighted by Gasteiger charge is 2.21. The van der Waals surface area contributed by atoms with E-state index in [1.807, 2.05) is 0 Å². The molecule has 1 saturated heterocycles. The Bertz CT molecular complexity index is 379. The molecule has 1 aromatic heterocycles. The third-order valence-electron chi connectivity index (χ3n) is 3.98. The summed E-state index contributed by atoms with van der Waals surface area (Å²) in [5.41, 5.74) is 0. The Morgan fingerprint density at radius 3 is 3.12 bits per heavy atom. The summed E-state index contributed by atoms with van der Waals surface area (Å²) in [5, 5.41) is 8.23. The summed E-state index contributed by atoms with van der Waals surface area (Å²) in [6.07, 6.45) is 7.32. The Hall–Kier alpha value is -0.900. The standard InChI is InChI=1S/C13H22N4/c1-10-5-6-13-15-12(16-17(13)9-10)8-11-4-2-3-7-14-11/h10-11,14H,2-9H2,1H3. The maximum Gasteiger partial charge on any atom is 0.152 e. The lowest BCUT2D eigenvalue weighted by Crippen LogP contribution is -2.35. The number of aromatic nitrogens is 3. The molecule has 0 spiro atoms. The molecule has 0 aromatic carbocycles. The number of hydrogen-bond donors (Lipinski definition) is 1. The second-order valence-corrected chi connectivity index (χ2v) is 5.62. The van der Waals surface area contributed by atoms with E-state index < -0.39 is 0 Å². The van der Waals surface area contributed by atoms with Gasteiger partial charge in [0.2, 0.25) is 0 Å². The zero-order valence-electron chi connectivity index (χ0n) is 10.7. The zero-order chi connectivity index (χ0) is 11.7. The Balaban J connectivity index is 1.67. The monoisotopic (exact) mass is 234 g/mol. The van der Waals surface area contributed by atoms with Gasteiger partial charge >= 0.3 is 0 Å². The first kappa shape index (κ1) is 11.2. The van der Waals surface area contributed by atoms with Gasteiger partial charge in [0.05, 0.1) is 0 Å². The molecule has 17 heavy (non-hydrogen) atoms. The SMILES string of the molecule is CC1CCc2nc(CC3CCCCN3)nn2C1. The van der Waals surface area contributed by atoms with E-state index in [-0.39, 0.29) is 0 Å². The summed E-state index contributed by atoms with van der Waals surface area (Å²) in [7, 11) is 0. The highest BCUT2D eigenvalue weighted by atomic mass is 15.4. The van der Waals surface area contributed by atoms with Gasteiger partial charge in [-0.15, -0.1) is 0 Å². The van der Waals surface area contributed by atoms with Crippen molar-refractivity contribution in [2.24, 2.45) is 5.92 Å². The van der Waals surface area contributed by atoms with Gasteiger partial charge in [-0.2, -0.15) is 5.10 Å². The van der Waals surface area contributed by atoms with Gasteiger partial charge < -0.3 is 5.32 Å². The average Bonchev–Trinajstić information content (AvgIpc) is 2.71. The first-order valence-electron chi connectivity index (χ1n) is 6.97. The zero-order valence-corrected chi connectivity index (χ0v) is 10.7. The van der Waals surface area contributed by atoms with E-state index in [2.05, 4.69) is 22.0 Å². The smallest absolute Gasteiger partial charge is 0.152 e. The van der Waals surface area contributed by atoms with Crippen molar-refractivity contribution >= 4 is 0 Å². The van der Waals surface area contributed by atoms with Crippen molar-refractivity contribution < 1.29 is 0 Å². The second-order valence-electron chi connectivity index (χ2n) is 5.62. The lowest BCUT2D eigenvalue weighted by molar-refractivity contribution is 0.364. The third kappa shape index (κ3) is 2.51. The van der Waals surface area contributed by atoms with Crippen LogP contribution >= 0.6 is 0 Å². The predicted molar refractivity (Wildman–Crippen MR) is 66.9 cm³/mol. The number of aryl methyl sites for hydroxylation is 1. The number of nitrogens with one attached hydrogen (secondary N) is 1. The highest BCUT2D eigenvalue weighted by Crippen LogP contribution is 2.18. The summed E-state index contributed by atoms with van der Waals surface area (Å²) in [6, 6.07) is 0.602. The van der Waals surface area contributed by atoms with Crippen LogP contribution in [0, 0.1) is 5.92 Å². The molecule has 4 heteroatoms. The van der Waals surface area contributed by atoms with Gasteiger partial charge in [-0.25, -0.2) is 9.67 Å². The summed E-state index contributed by atoms with van der Waals surface area (Å²) in [6.45, 7) is 4.52. The molecule has 0 saturated carbocycles. The molecule has 2 atom stereocenters. The lowest BCUT2D eigenvalue weighted by atomic mass is 10.0. The lowest BCUT2D eigenvalue weighted by Gasteiger charge is -2.21. The molecule has 1 fully saturated rings. The molecule has 1 aromatic rings. The largest absolute Gasteiger partial charge is 0.314 e. The third-order valence-corrected chi connectivity index (χ3v) is 3.98. The van der Waals surface area contributed by atoms with E-state index in [0.717, 1.165) is 37.7 Å². The Kier molecular flexibility index (Phi) is 3.14. The minimum absolute atomic E-state index is 0.602. The first-order chi connectivity index (χ1) is 8.31. The van der Waals surface area contributed by atoms with Crippen LogP contribution in [0.5, 0.6) is 0 Å². The van der Waals surface area contributed by atoms with Gasteiger partial charge in [-0.3, -0.25) is 0 Å². The fourth-order valence-electron chi connectivity index (χ4n) is 2.92. The summed E-state index contributed by atoms with van der Waals surface area (Å²) < 4.78 is 2.13. The second kappa shape index (κ2) is 4.77. The van der Waals surface area contributed by atoms with Crippen LogP contribution in [0.3, 0.4) is 0 Å². The van der Waals surface area contributed by atoms with Crippen molar-refractivity contribution in [2.75, 3.05) is 6.54 Å². The number of fused-ring (bicyclic) bond motifs is 1. The van der Waals surface area contributed by atoms with Crippen LogP contribution in [0.15, 0.2) is 0 Å². The number of nitrogens with zero attached hydrogens (tertiary/aromatic N) is 3. The van der Waals surface area contributed by atoms with Crippen LogP contribution in [0.2, 0.25) is 0 Å². The summed E-state index contributed by atoms with van der Waals surface area (Å²) >= 11 is 0. The van der Waals surface area contributed by atoms with Gasteiger partial charge in [-0.1, -0.05) is 13.3 Å². The van der Waals surface area contributed by atoms with E-state index in [1.165, 1.54) is 31.5 Å². The first-order valence-corrected chi connectivity index (χ1v) is 6.97. The maximum absolute atomic E-state index is 4.69. The Morgan fingerprint density at radius 1 is 1.35 bits per heavy atom. The molecule has 3 rings (SSSR count). The molecule has 1 N–H and O–H groups in total. The predicted octanol–water partition coefficient (Wildman–Crippen LogP) is 1.54. The number of rotatable bonds is 2. The van der Waals surface area contributed by atoms with Crippen molar-refractivity contribution in [1.82, 2.24) is 20.1 Å². The molecule has 0 amide bonds. The average molecular weight is 234 g/mol. The highest BCUT2D eigenvalue weighted by molar-refractivity contribution is 4.99. The quantitative estimate of drug-likeness (QED) is 0.844. The number of piperidine rings is 1. The fraction of sp³-hybridized carbons (Fsp3) is 0.846. The molecule has 4 nitrogen and oxygen atoms in total. The van der Waals surface area contributed by atoms with Crippen LogP contribution in [-0.2, 0) is 19.4 Å². The van der Waals surface area contributed by atoms with E-state index in [9.17, 15) is 0 Å². The Morgan fingerprint density at radius 2 is 2.29 bits per heavy atom. The van der Waals surface area contributed by atoms with Crippen LogP contribution in [0.25, 0.3) is 0 Å². The Labute approximate surface area is 103 Å². The molecular weight excluding hydrogens is 212 g/mol. The fourth-order valence-corrected chi connectivity index (χ4v) is 2.92. The van der Waals surface area contributed by atoms with Gasteiger partial charge in [-0.05, 0) is 31.7 Å². The van der Waals surface area contributed by atoms with Crippen molar-refractivity contribution in [3.63, 3.8) is 0 Å². The topological polar surface area (TPSA) is 42.7 Å². The minimum atomic E-state index is 0.602. The number of hydrogen-bond acceptors (Lipinski definition) is 3. The molecule has 2 unspecified atom stereocenters. The van der Waals surface area contributed by atoms with Crippen molar-refractivity contribution in [2.45, 2.75) is 58.0 Å². The van der Waals surface area contributed by atoms with Crippen molar-refractivity contribution in [3.8, 4) is 0 Å².